The van der Waals surface area contributed by atoms with E-state index in [2.05, 4.69) is 6.58 Å². The van der Waals surface area contributed by atoms with E-state index in [-0.39, 0.29) is 29.1 Å². The topological polar surface area (TPSA) is 20.3 Å². The molecule has 0 spiro atoms. The van der Waals surface area contributed by atoms with Crippen LogP contribution in [-0.4, -0.2) is 29.1 Å². The fraction of sp³-hybridized carbons (Fsp3) is 0.421. The Labute approximate surface area is 141 Å². The maximum atomic E-state index is 13.0. The summed E-state index contributed by atoms with van der Waals surface area (Å²) < 4.78 is 37.8. The van der Waals surface area contributed by atoms with Gasteiger partial charge in [-0.15, -0.1) is 0 Å². The first-order valence-corrected chi connectivity index (χ1v) is 7.87. The van der Waals surface area contributed by atoms with Gasteiger partial charge in [0.15, 0.2) is 0 Å². The highest BCUT2D eigenvalue weighted by Gasteiger charge is 2.29. The molecule has 0 fully saturated rings. The number of hydrogen-bond acceptors (Lipinski definition) is 1. The van der Waals surface area contributed by atoms with Crippen molar-refractivity contribution in [1.82, 2.24) is 4.90 Å². The Balaban J connectivity index is 3.29. The monoisotopic (exact) mass is 339 g/mol. The van der Waals surface area contributed by atoms with Crippen LogP contribution in [0.5, 0.6) is 0 Å². The molecule has 1 aromatic rings. The van der Waals surface area contributed by atoms with Gasteiger partial charge in [-0.25, -0.2) is 0 Å². The van der Waals surface area contributed by atoms with Gasteiger partial charge in [0.1, 0.15) is 0 Å². The molecule has 0 aromatic heterocycles. The summed E-state index contributed by atoms with van der Waals surface area (Å²) in [5.41, 5.74) is 0.673. The van der Waals surface area contributed by atoms with Crippen LogP contribution in [0.1, 0.15) is 39.7 Å². The number of carbonyl (C=O) groups is 1. The van der Waals surface area contributed by atoms with Gasteiger partial charge in [0.05, 0.1) is 6.42 Å². The predicted octanol–water partition coefficient (Wildman–Crippen LogP) is 5.22. The molecule has 1 rings (SSSR count). The van der Waals surface area contributed by atoms with E-state index in [4.69, 9.17) is 0 Å². The van der Waals surface area contributed by atoms with Gasteiger partial charge in [-0.2, -0.15) is 13.2 Å². The van der Waals surface area contributed by atoms with E-state index in [1.807, 2.05) is 27.7 Å². The average Bonchev–Trinajstić information content (AvgIpc) is 2.42. The zero-order valence-electron chi connectivity index (χ0n) is 14.5. The minimum Gasteiger partial charge on any atom is -0.334 e. The van der Waals surface area contributed by atoms with E-state index < -0.39 is 12.6 Å². The van der Waals surface area contributed by atoms with Crippen molar-refractivity contribution >= 4 is 11.5 Å². The van der Waals surface area contributed by atoms with Crippen molar-refractivity contribution < 1.29 is 18.0 Å². The fourth-order valence-corrected chi connectivity index (χ4v) is 2.60. The van der Waals surface area contributed by atoms with Crippen LogP contribution in [0.4, 0.5) is 13.2 Å². The molecule has 0 bridgehead atoms. The van der Waals surface area contributed by atoms with Gasteiger partial charge < -0.3 is 4.90 Å². The van der Waals surface area contributed by atoms with E-state index in [9.17, 15) is 18.0 Å². The maximum absolute atomic E-state index is 13.0. The van der Waals surface area contributed by atoms with E-state index in [1.54, 1.807) is 35.2 Å². The van der Waals surface area contributed by atoms with Crippen LogP contribution in [0.15, 0.2) is 48.6 Å². The molecule has 0 unspecified atom stereocenters. The maximum Gasteiger partial charge on any atom is 0.393 e. The number of amides is 1. The lowest BCUT2D eigenvalue weighted by molar-refractivity contribution is -0.129. The largest absolute Gasteiger partial charge is 0.393 e. The molecule has 24 heavy (non-hydrogen) atoms. The molecule has 0 aliphatic carbocycles. The molecule has 5 heteroatoms. The first-order chi connectivity index (χ1) is 11.0. The summed E-state index contributed by atoms with van der Waals surface area (Å²) in [6.45, 7) is 11.0. The Morgan fingerprint density at radius 2 is 1.62 bits per heavy atom. The van der Waals surface area contributed by atoms with Crippen LogP contribution in [0.2, 0.25) is 0 Å². The van der Waals surface area contributed by atoms with Crippen molar-refractivity contribution in [3.8, 4) is 0 Å². The SMILES string of the molecule is C=C(/C=C(/C(=O)N(C(C)C)C(C)C)c1ccccc1)CC(F)(F)F. The van der Waals surface area contributed by atoms with Gasteiger partial charge in [-0.05, 0) is 44.9 Å². The second-order valence-electron chi connectivity index (χ2n) is 6.27. The molecule has 0 saturated carbocycles. The number of alkyl halides is 3. The first kappa shape index (κ1) is 20.0. The van der Waals surface area contributed by atoms with Crippen molar-refractivity contribution in [3.63, 3.8) is 0 Å². The van der Waals surface area contributed by atoms with Gasteiger partial charge in [0, 0.05) is 17.7 Å². The Morgan fingerprint density at radius 1 is 1.12 bits per heavy atom. The smallest absolute Gasteiger partial charge is 0.334 e. The summed E-state index contributed by atoms with van der Waals surface area (Å²) in [6, 6.07) is 8.57. The summed E-state index contributed by atoms with van der Waals surface area (Å²) in [7, 11) is 0. The number of allylic oxidation sites excluding steroid dienone is 2. The lowest BCUT2D eigenvalue weighted by atomic mass is 9.99. The van der Waals surface area contributed by atoms with Gasteiger partial charge >= 0.3 is 6.18 Å². The number of nitrogens with zero attached hydrogens (tertiary/aromatic N) is 1. The van der Waals surface area contributed by atoms with Crippen LogP contribution >= 0.6 is 0 Å². The molecule has 1 aromatic carbocycles. The summed E-state index contributed by atoms with van der Waals surface area (Å²) in [5, 5.41) is 0. The number of rotatable bonds is 6. The van der Waals surface area contributed by atoms with Crippen LogP contribution < -0.4 is 0 Å². The Kier molecular flexibility index (Phi) is 6.81. The highest BCUT2D eigenvalue weighted by Crippen LogP contribution is 2.28. The normalized spacial score (nSPS) is 12.6. The van der Waals surface area contributed by atoms with Crippen molar-refractivity contribution in [1.29, 1.82) is 0 Å². The Morgan fingerprint density at radius 3 is 2.04 bits per heavy atom. The van der Waals surface area contributed by atoms with E-state index >= 15 is 0 Å². The summed E-state index contributed by atoms with van der Waals surface area (Å²) >= 11 is 0. The third kappa shape index (κ3) is 5.87. The van der Waals surface area contributed by atoms with Crippen LogP contribution in [-0.2, 0) is 4.79 Å². The lowest BCUT2D eigenvalue weighted by Crippen LogP contribution is -2.42. The van der Waals surface area contributed by atoms with Crippen LogP contribution in [0.25, 0.3) is 5.57 Å². The minimum atomic E-state index is -4.35. The molecule has 0 aliphatic heterocycles. The molecule has 0 N–H and O–H groups in total. The molecular formula is C19H24F3NO. The summed E-state index contributed by atoms with van der Waals surface area (Å²) in [6.07, 6.45) is -4.24. The van der Waals surface area contributed by atoms with Crippen molar-refractivity contribution in [2.75, 3.05) is 0 Å². The van der Waals surface area contributed by atoms with E-state index in [1.165, 1.54) is 6.08 Å². The molecule has 1 amide bonds. The molecule has 132 valence electrons. The highest BCUT2D eigenvalue weighted by molar-refractivity contribution is 6.20. The minimum absolute atomic E-state index is 0.0690. The number of hydrogen-bond donors (Lipinski definition) is 0. The summed E-state index contributed by atoms with van der Waals surface area (Å²) in [4.78, 5) is 14.6. The second-order valence-corrected chi connectivity index (χ2v) is 6.27. The van der Waals surface area contributed by atoms with Crippen molar-refractivity contribution in [3.05, 3.63) is 54.1 Å². The summed E-state index contributed by atoms with van der Waals surface area (Å²) in [5.74, 6) is -0.297. The van der Waals surface area contributed by atoms with Gasteiger partial charge in [0.2, 0.25) is 0 Å². The molecule has 0 heterocycles. The second kappa shape index (κ2) is 8.18. The van der Waals surface area contributed by atoms with Crippen molar-refractivity contribution in [2.24, 2.45) is 0 Å². The Hall–Kier alpha value is -2.04. The standard InChI is InChI=1S/C19H24F3NO/c1-13(2)23(14(3)4)18(24)17(16-9-7-6-8-10-16)11-15(5)12-19(20,21)22/h6-11,13-14H,5,12H2,1-4H3/b17-11+. The Bertz CT molecular complexity index is 593. The number of halogens is 3. The molecule has 0 aliphatic rings. The average molecular weight is 339 g/mol. The first-order valence-electron chi connectivity index (χ1n) is 7.87. The zero-order chi connectivity index (χ0) is 18.5. The van der Waals surface area contributed by atoms with Gasteiger partial charge in [-0.1, -0.05) is 36.9 Å². The van der Waals surface area contributed by atoms with Crippen LogP contribution in [0, 0.1) is 0 Å². The highest BCUT2D eigenvalue weighted by atomic mass is 19.4. The molecule has 0 saturated heterocycles. The zero-order valence-corrected chi connectivity index (χ0v) is 14.5. The fourth-order valence-electron chi connectivity index (χ4n) is 2.60. The predicted molar refractivity (Wildman–Crippen MR) is 91.3 cm³/mol. The third-order valence-corrected chi connectivity index (χ3v) is 3.44. The van der Waals surface area contributed by atoms with Gasteiger partial charge in [0.25, 0.3) is 5.91 Å². The molecule has 0 atom stereocenters. The van der Waals surface area contributed by atoms with E-state index in [0.717, 1.165) is 0 Å². The third-order valence-electron chi connectivity index (χ3n) is 3.44. The van der Waals surface area contributed by atoms with E-state index in [0.29, 0.717) is 5.56 Å². The number of benzene rings is 1. The number of carbonyl (C=O) groups excluding carboxylic acids is 1. The quantitative estimate of drug-likeness (QED) is 0.514. The van der Waals surface area contributed by atoms with Crippen LogP contribution in [0.3, 0.4) is 0 Å². The van der Waals surface area contributed by atoms with Crippen molar-refractivity contribution in [2.45, 2.75) is 52.4 Å². The molecular weight excluding hydrogens is 315 g/mol. The molecule has 0 radical (unpaired) electrons. The molecule has 2 nitrogen and oxygen atoms in total. The van der Waals surface area contributed by atoms with Gasteiger partial charge in [-0.3, -0.25) is 4.79 Å². The lowest BCUT2D eigenvalue weighted by Gasteiger charge is -2.32.